The maximum atomic E-state index is 16.6. The summed E-state index contributed by atoms with van der Waals surface area (Å²) in [6, 6.07) is 43.3. The SMILES string of the molecule is Cc1ccc(-c2ccc3c4ccccc4n(-c4cc(-c5nc(C)nc(C)n5)cc(-n5c6ccccc6c6ccc(-c7ccc(C)cc7C)cc65)c4C(F)(F)F)c3c2)c(C)c1. The highest BCUT2D eigenvalue weighted by molar-refractivity contribution is 6.12. The molecular formula is C52H40F3N5. The smallest absolute Gasteiger partial charge is 0.309 e. The molecule has 0 spiro atoms. The van der Waals surface area contributed by atoms with Gasteiger partial charge in [0.1, 0.15) is 17.2 Å². The summed E-state index contributed by atoms with van der Waals surface area (Å²) in [5, 5.41) is 3.39. The third-order valence-corrected chi connectivity index (χ3v) is 11.7. The van der Waals surface area contributed by atoms with E-state index in [4.69, 9.17) is 9.97 Å². The van der Waals surface area contributed by atoms with Gasteiger partial charge < -0.3 is 9.13 Å². The first-order valence-electron chi connectivity index (χ1n) is 20.0. The molecule has 10 aromatic rings. The summed E-state index contributed by atoms with van der Waals surface area (Å²) in [6.07, 6.45) is -4.81. The molecule has 0 aliphatic heterocycles. The van der Waals surface area contributed by atoms with Crippen molar-refractivity contribution in [1.29, 1.82) is 0 Å². The number of rotatable bonds is 5. The van der Waals surface area contributed by atoms with Crippen molar-refractivity contribution in [1.82, 2.24) is 24.1 Å². The molecule has 0 unspecified atom stereocenters. The third-order valence-electron chi connectivity index (χ3n) is 11.7. The van der Waals surface area contributed by atoms with E-state index in [2.05, 4.69) is 81.2 Å². The summed E-state index contributed by atoms with van der Waals surface area (Å²) < 4.78 is 53.2. The first-order chi connectivity index (χ1) is 28.8. The fraction of sp³-hybridized carbons (Fsp3) is 0.135. The number of alkyl halides is 3. The molecule has 0 bridgehead atoms. The number of fused-ring (bicyclic) bond motifs is 6. The molecule has 7 aromatic carbocycles. The Bertz CT molecular complexity index is 3180. The van der Waals surface area contributed by atoms with Gasteiger partial charge in [-0.3, -0.25) is 0 Å². The van der Waals surface area contributed by atoms with Crippen molar-refractivity contribution in [2.45, 2.75) is 47.7 Å². The lowest BCUT2D eigenvalue weighted by Gasteiger charge is -2.23. The molecule has 3 heterocycles. The number of nitrogens with zero attached hydrogens (tertiary/aromatic N) is 5. The predicted octanol–water partition coefficient (Wildman–Crippen LogP) is 13.9. The fourth-order valence-electron chi connectivity index (χ4n) is 9.20. The van der Waals surface area contributed by atoms with Gasteiger partial charge in [0.2, 0.25) is 0 Å². The maximum absolute atomic E-state index is 16.6. The predicted molar refractivity (Wildman–Crippen MR) is 238 cm³/mol. The van der Waals surface area contributed by atoms with Gasteiger partial charge in [-0.25, -0.2) is 15.0 Å². The van der Waals surface area contributed by atoms with Gasteiger partial charge in [0.25, 0.3) is 0 Å². The second-order valence-corrected chi connectivity index (χ2v) is 15.9. The van der Waals surface area contributed by atoms with Crippen molar-refractivity contribution in [2.75, 3.05) is 0 Å². The summed E-state index contributed by atoms with van der Waals surface area (Å²) in [5.74, 6) is 1.25. The zero-order valence-corrected chi connectivity index (χ0v) is 34.1. The van der Waals surface area contributed by atoms with E-state index in [0.29, 0.717) is 45.1 Å². The quantitative estimate of drug-likeness (QED) is 0.174. The van der Waals surface area contributed by atoms with E-state index in [1.54, 1.807) is 35.1 Å². The Morgan fingerprint density at radius 3 is 1.28 bits per heavy atom. The topological polar surface area (TPSA) is 48.5 Å². The lowest BCUT2D eigenvalue weighted by Crippen LogP contribution is -2.16. The molecule has 0 saturated heterocycles. The standard InChI is InChI=1S/C52H40F3N5/c1-29-15-19-38(31(3)23-29)35-17-21-42-40-11-7-9-13-44(40)59(46(42)25-35)48-27-37(51-57-33(5)56-34(6)58-51)28-49(50(48)52(53,54)55)60-45-14-10-8-12-41(45)43-22-18-36(26-47(43)60)39-20-16-30(2)24-32(39)4/h7-28H,1-6H3. The van der Waals surface area contributed by atoms with Gasteiger partial charge in [-0.2, -0.15) is 13.2 Å². The monoisotopic (exact) mass is 791 g/mol. The molecule has 3 aromatic heterocycles. The minimum atomic E-state index is -4.81. The zero-order valence-electron chi connectivity index (χ0n) is 34.1. The Morgan fingerprint density at radius 1 is 0.417 bits per heavy atom. The average molecular weight is 792 g/mol. The van der Waals surface area contributed by atoms with E-state index in [1.807, 2.05) is 72.8 Å². The number of hydrogen-bond donors (Lipinski definition) is 0. The number of hydrogen-bond acceptors (Lipinski definition) is 3. The van der Waals surface area contributed by atoms with E-state index in [9.17, 15) is 0 Å². The van der Waals surface area contributed by atoms with E-state index < -0.39 is 11.7 Å². The summed E-state index contributed by atoms with van der Waals surface area (Å²) in [4.78, 5) is 13.8. The van der Waals surface area contributed by atoms with E-state index in [1.165, 1.54) is 0 Å². The number of benzene rings is 7. The Hall–Kier alpha value is -7.06. The molecule has 0 atom stereocenters. The van der Waals surface area contributed by atoms with Gasteiger partial charge in [-0.1, -0.05) is 108 Å². The fourth-order valence-corrected chi connectivity index (χ4v) is 9.20. The highest BCUT2D eigenvalue weighted by atomic mass is 19.4. The Labute approximate surface area is 345 Å². The molecular weight excluding hydrogens is 752 g/mol. The second-order valence-electron chi connectivity index (χ2n) is 15.9. The largest absolute Gasteiger partial charge is 0.420 e. The van der Waals surface area contributed by atoms with Crippen molar-refractivity contribution in [3.63, 3.8) is 0 Å². The van der Waals surface area contributed by atoms with Crippen LogP contribution in [0.1, 0.15) is 39.5 Å². The van der Waals surface area contributed by atoms with Crippen LogP contribution < -0.4 is 0 Å². The molecule has 0 aliphatic carbocycles. The molecule has 10 rings (SSSR count). The summed E-state index contributed by atoms with van der Waals surface area (Å²) in [5.41, 5.74) is 10.6. The van der Waals surface area contributed by atoms with Gasteiger partial charge in [0.05, 0.1) is 33.4 Å². The van der Waals surface area contributed by atoms with E-state index in [0.717, 1.165) is 66.1 Å². The minimum Gasteiger partial charge on any atom is -0.309 e. The van der Waals surface area contributed by atoms with E-state index in [-0.39, 0.29) is 11.4 Å². The molecule has 5 nitrogen and oxygen atoms in total. The molecule has 0 saturated carbocycles. The number of aryl methyl sites for hydroxylation is 6. The van der Waals surface area contributed by atoms with Gasteiger partial charge in [0, 0.05) is 27.1 Å². The highest BCUT2D eigenvalue weighted by Crippen LogP contribution is 2.47. The lowest BCUT2D eigenvalue weighted by atomic mass is 9.97. The van der Waals surface area contributed by atoms with Crippen LogP contribution in [0.25, 0.3) is 88.6 Å². The Kier molecular flexibility index (Phi) is 8.54. The number of aromatic nitrogens is 5. The first-order valence-corrected chi connectivity index (χ1v) is 20.0. The second kappa shape index (κ2) is 13.8. The molecule has 0 amide bonds. The van der Waals surface area contributed by atoms with Gasteiger partial charge in [-0.15, -0.1) is 0 Å². The van der Waals surface area contributed by atoms with Crippen LogP contribution in [-0.4, -0.2) is 24.1 Å². The Morgan fingerprint density at radius 2 is 0.850 bits per heavy atom. The van der Waals surface area contributed by atoms with Crippen LogP contribution in [0.3, 0.4) is 0 Å². The van der Waals surface area contributed by atoms with Crippen LogP contribution in [0, 0.1) is 41.5 Å². The molecule has 0 radical (unpaired) electrons. The third kappa shape index (κ3) is 6.05. The molecule has 0 fully saturated rings. The van der Waals surface area contributed by atoms with Crippen LogP contribution in [-0.2, 0) is 6.18 Å². The van der Waals surface area contributed by atoms with Crippen molar-refractivity contribution in [3.8, 4) is 45.0 Å². The van der Waals surface area contributed by atoms with Crippen LogP contribution >= 0.6 is 0 Å². The van der Waals surface area contributed by atoms with Gasteiger partial charge >= 0.3 is 6.18 Å². The van der Waals surface area contributed by atoms with Crippen molar-refractivity contribution in [2.24, 2.45) is 0 Å². The average Bonchev–Trinajstić information content (AvgIpc) is 3.71. The summed E-state index contributed by atoms with van der Waals surface area (Å²) in [6.45, 7) is 11.8. The molecule has 60 heavy (non-hydrogen) atoms. The minimum absolute atomic E-state index is 0.0221. The maximum Gasteiger partial charge on any atom is 0.420 e. The molecule has 8 heteroatoms. The zero-order chi connectivity index (χ0) is 41.6. The van der Waals surface area contributed by atoms with Crippen LogP contribution in [0.15, 0.2) is 133 Å². The van der Waals surface area contributed by atoms with Crippen LogP contribution in [0.2, 0.25) is 0 Å². The van der Waals surface area contributed by atoms with Crippen LogP contribution in [0.4, 0.5) is 13.2 Å². The normalized spacial score (nSPS) is 12.1. The number of halogens is 3. The summed E-state index contributed by atoms with van der Waals surface area (Å²) >= 11 is 0. The van der Waals surface area contributed by atoms with Gasteiger partial charge in [0.15, 0.2) is 5.82 Å². The molecule has 0 aliphatic rings. The number of para-hydroxylation sites is 2. The lowest BCUT2D eigenvalue weighted by molar-refractivity contribution is -0.137. The van der Waals surface area contributed by atoms with E-state index >= 15 is 13.2 Å². The molecule has 0 N–H and O–H groups in total. The van der Waals surface area contributed by atoms with Crippen molar-refractivity contribution >= 4 is 43.6 Å². The van der Waals surface area contributed by atoms with Crippen LogP contribution in [0.5, 0.6) is 0 Å². The summed E-state index contributed by atoms with van der Waals surface area (Å²) in [7, 11) is 0. The van der Waals surface area contributed by atoms with Gasteiger partial charge in [-0.05, 0) is 111 Å². The van der Waals surface area contributed by atoms with Crippen molar-refractivity contribution < 1.29 is 13.2 Å². The molecule has 294 valence electrons. The van der Waals surface area contributed by atoms with Crippen molar-refractivity contribution in [3.05, 3.63) is 173 Å². The first kappa shape index (κ1) is 37.2. The Balaban J connectivity index is 1.37. The highest BCUT2D eigenvalue weighted by Gasteiger charge is 2.40.